The number of nitrogens with one attached hydrogen (secondary N) is 1. The van der Waals surface area contributed by atoms with Crippen LogP contribution in [0.2, 0.25) is 0 Å². The van der Waals surface area contributed by atoms with Crippen molar-refractivity contribution in [3.63, 3.8) is 0 Å². The van der Waals surface area contributed by atoms with Gasteiger partial charge >= 0.3 is 0 Å². The molecule has 0 radical (unpaired) electrons. The Morgan fingerprint density at radius 2 is 1.81 bits per heavy atom. The lowest BCUT2D eigenvalue weighted by Gasteiger charge is -2.12. The Morgan fingerprint density at radius 3 is 2.62 bits per heavy atom. The van der Waals surface area contributed by atoms with Crippen molar-refractivity contribution in [3.8, 4) is 11.6 Å². The smallest absolute Gasteiger partial charge is 0.219 e. The van der Waals surface area contributed by atoms with Crippen molar-refractivity contribution in [2.75, 3.05) is 7.05 Å². The van der Waals surface area contributed by atoms with E-state index in [1.807, 2.05) is 43.4 Å². The third-order valence-corrected chi connectivity index (χ3v) is 3.64. The maximum Gasteiger partial charge on any atom is 0.219 e. The molecule has 3 nitrogen and oxygen atoms in total. The summed E-state index contributed by atoms with van der Waals surface area (Å²) in [7, 11) is 1.94. The van der Waals surface area contributed by atoms with Gasteiger partial charge in [0.2, 0.25) is 5.88 Å². The minimum atomic E-state index is 0.270. The largest absolute Gasteiger partial charge is 0.439 e. The molecule has 1 unspecified atom stereocenters. The van der Waals surface area contributed by atoms with Crippen LogP contribution in [0, 0.1) is 0 Å². The molecule has 21 heavy (non-hydrogen) atoms. The van der Waals surface area contributed by atoms with E-state index in [0.29, 0.717) is 5.88 Å². The van der Waals surface area contributed by atoms with Crippen LogP contribution in [0.3, 0.4) is 0 Å². The van der Waals surface area contributed by atoms with Crippen molar-refractivity contribution in [2.45, 2.75) is 13.0 Å². The number of benzene rings is 2. The summed E-state index contributed by atoms with van der Waals surface area (Å²) >= 11 is 0. The van der Waals surface area contributed by atoms with E-state index in [1.165, 1.54) is 5.39 Å². The van der Waals surface area contributed by atoms with Crippen LogP contribution in [0.25, 0.3) is 10.8 Å². The molecule has 0 saturated carbocycles. The lowest BCUT2D eigenvalue weighted by Crippen LogP contribution is -2.12. The standard InChI is InChI=1S/C18H18N2O/c1-13(19-2)15-9-10-20-18(12-15)21-17-8-7-14-5-3-4-6-16(14)11-17/h3-13,19H,1-2H3. The second kappa shape index (κ2) is 5.94. The number of fused-ring (bicyclic) bond motifs is 1. The van der Waals surface area contributed by atoms with Crippen LogP contribution in [0.1, 0.15) is 18.5 Å². The molecule has 3 rings (SSSR count). The Morgan fingerprint density at radius 1 is 1.00 bits per heavy atom. The first-order chi connectivity index (χ1) is 10.3. The molecule has 0 aliphatic carbocycles. The molecule has 1 N–H and O–H groups in total. The van der Waals surface area contributed by atoms with E-state index in [1.54, 1.807) is 6.20 Å². The van der Waals surface area contributed by atoms with Gasteiger partial charge in [0.25, 0.3) is 0 Å². The molecule has 0 bridgehead atoms. The van der Waals surface area contributed by atoms with Crippen LogP contribution < -0.4 is 10.1 Å². The predicted molar refractivity (Wildman–Crippen MR) is 85.7 cm³/mol. The second-order valence-corrected chi connectivity index (χ2v) is 5.05. The van der Waals surface area contributed by atoms with E-state index in [9.17, 15) is 0 Å². The second-order valence-electron chi connectivity index (χ2n) is 5.05. The van der Waals surface area contributed by atoms with Gasteiger partial charge in [-0.05, 0) is 48.5 Å². The molecule has 1 atom stereocenters. The Kier molecular flexibility index (Phi) is 3.84. The van der Waals surface area contributed by atoms with Crippen LogP contribution in [0.5, 0.6) is 11.6 Å². The number of nitrogens with zero attached hydrogens (tertiary/aromatic N) is 1. The molecule has 0 spiro atoms. The van der Waals surface area contributed by atoms with Crippen molar-refractivity contribution < 1.29 is 4.74 Å². The highest BCUT2D eigenvalue weighted by Crippen LogP contribution is 2.25. The van der Waals surface area contributed by atoms with Crippen molar-refractivity contribution in [1.29, 1.82) is 0 Å². The quantitative estimate of drug-likeness (QED) is 0.772. The van der Waals surface area contributed by atoms with Crippen molar-refractivity contribution in [2.24, 2.45) is 0 Å². The summed E-state index contributed by atoms with van der Waals surface area (Å²) in [4.78, 5) is 4.28. The average Bonchev–Trinajstić information content (AvgIpc) is 2.54. The fraction of sp³-hybridized carbons (Fsp3) is 0.167. The van der Waals surface area contributed by atoms with Crippen LogP contribution in [-0.4, -0.2) is 12.0 Å². The third kappa shape index (κ3) is 3.03. The van der Waals surface area contributed by atoms with Gasteiger partial charge < -0.3 is 10.1 Å². The molecule has 0 fully saturated rings. The van der Waals surface area contributed by atoms with Gasteiger partial charge in [-0.1, -0.05) is 30.3 Å². The molecule has 1 heterocycles. The van der Waals surface area contributed by atoms with E-state index in [2.05, 4.69) is 35.4 Å². The molecule has 3 heteroatoms. The zero-order valence-electron chi connectivity index (χ0n) is 12.2. The highest BCUT2D eigenvalue weighted by Gasteiger charge is 2.06. The zero-order chi connectivity index (χ0) is 14.7. The third-order valence-electron chi connectivity index (χ3n) is 3.64. The number of hydrogen-bond acceptors (Lipinski definition) is 3. The number of hydrogen-bond donors (Lipinski definition) is 1. The lowest BCUT2D eigenvalue weighted by atomic mass is 10.1. The van der Waals surface area contributed by atoms with Gasteiger partial charge in [-0.3, -0.25) is 0 Å². The van der Waals surface area contributed by atoms with E-state index in [-0.39, 0.29) is 6.04 Å². The van der Waals surface area contributed by atoms with Crippen LogP contribution in [0.15, 0.2) is 60.8 Å². The zero-order valence-corrected chi connectivity index (χ0v) is 12.2. The summed E-state index contributed by atoms with van der Waals surface area (Å²) in [6, 6.07) is 18.5. The van der Waals surface area contributed by atoms with E-state index in [0.717, 1.165) is 16.7 Å². The summed E-state index contributed by atoms with van der Waals surface area (Å²) in [6.07, 6.45) is 1.78. The van der Waals surface area contributed by atoms with Crippen LogP contribution >= 0.6 is 0 Å². The Bertz CT molecular complexity index is 755. The first-order valence-corrected chi connectivity index (χ1v) is 7.06. The summed E-state index contributed by atoms with van der Waals surface area (Å²) in [5, 5.41) is 5.58. The van der Waals surface area contributed by atoms with Gasteiger partial charge in [0.15, 0.2) is 0 Å². The molecule has 3 aromatic rings. The SMILES string of the molecule is CNC(C)c1ccnc(Oc2ccc3ccccc3c2)c1. The number of rotatable bonds is 4. The minimum Gasteiger partial charge on any atom is -0.439 e. The van der Waals surface area contributed by atoms with Gasteiger partial charge in [0.05, 0.1) is 0 Å². The summed E-state index contributed by atoms with van der Waals surface area (Å²) in [6.45, 7) is 2.11. The Labute approximate surface area is 124 Å². The maximum atomic E-state index is 5.88. The molecule has 0 aliphatic rings. The molecule has 0 amide bonds. The minimum absolute atomic E-state index is 0.270. The van der Waals surface area contributed by atoms with Crippen molar-refractivity contribution in [1.82, 2.24) is 10.3 Å². The molecular formula is C18H18N2O. The first-order valence-electron chi connectivity index (χ1n) is 7.06. The van der Waals surface area contributed by atoms with Gasteiger partial charge in [0.1, 0.15) is 5.75 Å². The maximum absolute atomic E-state index is 5.88. The molecule has 1 aromatic heterocycles. The number of aromatic nitrogens is 1. The summed E-state index contributed by atoms with van der Waals surface area (Å²) in [5.74, 6) is 1.42. The van der Waals surface area contributed by atoms with Gasteiger partial charge in [-0.2, -0.15) is 0 Å². The molecule has 106 valence electrons. The summed E-state index contributed by atoms with van der Waals surface area (Å²) in [5.41, 5.74) is 1.16. The number of pyridine rings is 1. The lowest BCUT2D eigenvalue weighted by molar-refractivity contribution is 0.461. The molecular weight excluding hydrogens is 260 g/mol. The van der Waals surface area contributed by atoms with E-state index < -0.39 is 0 Å². The van der Waals surface area contributed by atoms with Crippen molar-refractivity contribution in [3.05, 3.63) is 66.4 Å². The fourth-order valence-corrected chi connectivity index (χ4v) is 2.27. The topological polar surface area (TPSA) is 34.2 Å². The van der Waals surface area contributed by atoms with Gasteiger partial charge in [-0.25, -0.2) is 4.98 Å². The Balaban J connectivity index is 1.87. The average molecular weight is 278 g/mol. The Hall–Kier alpha value is -2.39. The molecule has 0 aliphatic heterocycles. The fourth-order valence-electron chi connectivity index (χ4n) is 2.27. The van der Waals surface area contributed by atoms with E-state index in [4.69, 9.17) is 4.74 Å². The normalized spacial score (nSPS) is 12.3. The molecule has 0 saturated heterocycles. The molecule has 2 aromatic carbocycles. The highest BCUT2D eigenvalue weighted by molar-refractivity contribution is 5.83. The van der Waals surface area contributed by atoms with E-state index >= 15 is 0 Å². The number of ether oxygens (including phenoxy) is 1. The van der Waals surface area contributed by atoms with Crippen LogP contribution in [0.4, 0.5) is 0 Å². The van der Waals surface area contributed by atoms with Crippen LogP contribution in [-0.2, 0) is 0 Å². The monoisotopic (exact) mass is 278 g/mol. The van der Waals surface area contributed by atoms with Gasteiger partial charge in [0, 0.05) is 18.3 Å². The first kappa shape index (κ1) is 13.6. The highest BCUT2D eigenvalue weighted by atomic mass is 16.5. The summed E-state index contributed by atoms with van der Waals surface area (Å²) < 4.78 is 5.88. The van der Waals surface area contributed by atoms with Gasteiger partial charge in [-0.15, -0.1) is 0 Å². The van der Waals surface area contributed by atoms with Crippen molar-refractivity contribution >= 4 is 10.8 Å². The predicted octanol–water partition coefficient (Wildman–Crippen LogP) is 4.31.